The molecule has 2 aromatic carbocycles. The molecule has 1 aromatic heterocycles. The van der Waals surface area contributed by atoms with E-state index in [1.807, 2.05) is 22.9 Å². The van der Waals surface area contributed by atoms with Gasteiger partial charge >= 0.3 is 0 Å². The molecular formula is C23H29N7O2. The molecule has 1 fully saturated rings. The van der Waals surface area contributed by atoms with E-state index in [4.69, 9.17) is 9.47 Å². The van der Waals surface area contributed by atoms with Crippen molar-refractivity contribution in [1.29, 1.82) is 0 Å². The molecule has 0 spiro atoms. The zero-order valence-corrected chi connectivity index (χ0v) is 18.8. The van der Waals surface area contributed by atoms with Gasteiger partial charge in [-0.1, -0.05) is 18.2 Å². The van der Waals surface area contributed by atoms with E-state index in [0.717, 1.165) is 49.1 Å². The normalized spacial score (nSPS) is 17.5. The fraction of sp³-hybridized carbons (Fsp3) is 0.435. The van der Waals surface area contributed by atoms with E-state index in [0.29, 0.717) is 6.54 Å². The summed E-state index contributed by atoms with van der Waals surface area (Å²) in [4.78, 5) is 6.95. The van der Waals surface area contributed by atoms with Crippen molar-refractivity contribution in [2.45, 2.75) is 12.6 Å². The van der Waals surface area contributed by atoms with Crippen LogP contribution in [0.25, 0.3) is 0 Å². The fourth-order valence-corrected chi connectivity index (χ4v) is 4.29. The molecule has 2 aliphatic rings. The van der Waals surface area contributed by atoms with E-state index < -0.39 is 0 Å². The van der Waals surface area contributed by atoms with Crippen LogP contribution in [0.5, 0.6) is 11.5 Å². The number of nitrogens with zero attached hydrogens (tertiary/aromatic N) is 7. The maximum Gasteiger partial charge on any atom is 0.231 e. The molecule has 0 unspecified atom stereocenters. The first kappa shape index (κ1) is 20.7. The van der Waals surface area contributed by atoms with Gasteiger partial charge in [-0.25, -0.2) is 4.68 Å². The minimum atomic E-state index is -0.0103. The number of rotatable bonds is 6. The molecule has 32 heavy (non-hydrogen) atoms. The summed E-state index contributed by atoms with van der Waals surface area (Å²) in [7, 11) is 6.28. The lowest BCUT2D eigenvalue weighted by Gasteiger charge is -2.37. The van der Waals surface area contributed by atoms with Crippen LogP contribution in [0.4, 0.5) is 5.69 Å². The van der Waals surface area contributed by atoms with Crippen LogP contribution in [0.1, 0.15) is 23.0 Å². The lowest BCUT2D eigenvalue weighted by Crippen LogP contribution is -2.46. The van der Waals surface area contributed by atoms with Crippen LogP contribution in [0.15, 0.2) is 42.5 Å². The molecule has 0 N–H and O–H groups in total. The lowest BCUT2D eigenvalue weighted by atomic mass is 10.0. The van der Waals surface area contributed by atoms with Crippen molar-refractivity contribution in [1.82, 2.24) is 30.0 Å². The van der Waals surface area contributed by atoms with Crippen molar-refractivity contribution in [3.05, 3.63) is 59.4 Å². The molecular weight excluding hydrogens is 406 g/mol. The Morgan fingerprint density at radius 1 is 0.969 bits per heavy atom. The highest BCUT2D eigenvalue weighted by Gasteiger charge is 2.30. The van der Waals surface area contributed by atoms with E-state index in [1.165, 1.54) is 11.3 Å². The second-order valence-corrected chi connectivity index (χ2v) is 8.61. The Balaban J connectivity index is 1.47. The Labute approximate surface area is 188 Å². The van der Waals surface area contributed by atoms with Crippen LogP contribution in [0.3, 0.4) is 0 Å². The number of fused-ring (bicyclic) bond motifs is 1. The third-order valence-electron chi connectivity index (χ3n) is 6.20. The predicted octanol–water partition coefficient (Wildman–Crippen LogP) is 1.85. The number of ether oxygens (including phenoxy) is 2. The Kier molecular flexibility index (Phi) is 5.67. The van der Waals surface area contributed by atoms with Crippen LogP contribution >= 0.6 is 0 Å². The average molecular weight is 436 g/mol. The van der Waals surface area contributed by atoms with Crippen molar-refractivity contribution < 1.29 is 9.47 Å². The summed E-state index contributed by atoms with van der Waals surface area (Å²) in [6, 6.07) is 14.7. The van der Waals surface area contributed by atoms with Gasteiger partial charge in [-0.3, -0.25) is 4.90 Å². The average Bonchev–Trinajstić information content (AvgIpc) is 3.45. The van der Waals surface area contributed by atoms with Gasteiger partial charge in [0.2, 0.25) is 6.79 Å². The highest BCUT2D eigenvalue weighted by molar-refractivity contribution is 5.47. The van der Waals surface area contributed by atoms with Gasteiger partial charge < -0.3 is 19.3 Å². The molecule has 2 aliphatic heterocycles. The molecule has 1 saturated heterocycles. The van der Waals surface area contributed by atoms with Gasteiger partial charge in [-0.05, 0) is 52.9 Å². The smallest absolute Gasteiger partial charge is 0.231 e. The van der Waals surface area contributed by atoms with Gasteiger partial charge in [-0.15, -0.1) is 5.10 Å². The van der Waals surface area contributed by atoms with Crippen LogP contribution < -0.4 is 14.4 Å². The number of tetrazole rings is 1. The third-order valence-corrected chi connectivity index (χ3v) is 6.20. The zero-order chi connectivity index (χ0) is 22.1. The molecule has 5 rings (SSSR count). The Morgan fingerprint density at radius 3 is 2.47 bits per heavy atom. The molecule has 1 atom stereocenters. The quantitative estimate of drug-likeness (QED) is 0.581. The summed E-state index contributed by atoms with van der Waals surface area (Å²) in [6.45, 7) is 4.81. The highest BCUT2D eigenvalue weighted by atomic mass is 16.7. The Morgan fingerprint density at radius 2 is 1.72 bits per heavy atom. The number of piperazine rings is 1. The van der Waals surface area contributed by atoms with E-state index >= 15 is 0 Å². The maximum atomic E-state index is 5.54. The first-order valence-corrected chi connectivity index (χ1v) is 10.9. The third kappa shape index (κ3) is 4.13. The maximum absolute atomic E-state index is 5.54. The highest BCUT2D eigenvalue weighted by Crippen LogP contribution is 2.33. The van der Waals surface area contributed by atoms with E-state index in [1.54, 1.807) is 0 Å². The first-order valence-electron chi connectivity index (χ1n) is 10.9. The number of hydrogen-bond acceptors (Lipinski definition) is 8. The molecule has 9 nitrogen and oxygen atoms in total. The number of benzene rings is 2. The fourth-order valence-electron chi connectivity index (χ4n) is 4.29. The molecule has 3 aromatic rings. The summed E-state index contributed by atoms with van der Waals surface area (Å²) in [5.41, 5.74) is 3.44. The van der Waals surface area contributed by atoms with Crippen LogP contribution in [-0.2, 0) is 6.54 Å². The van der Waals surface area contributed by atoms with E-state index in [-0.39, 0.29) is 12.8 Å². The predicted molar refractivity (Wildman–Crippen MR) is 121 cm³/mol. The number of aromatic nitrogens is 4. The lowest BCUT2D eigenvalue weighted by molar-refractivity contribution is 0.121. The van der Waals surface area contributed by atoms with Crippen molar-refractivity contribution in [2.24, 2.45) is 0 Å². The van der Waals surface area contributed by atoms with Gasteiger partial charge in [0.25, 0.3) is 0 Å². The summed E-state index contributed by atoms with van der Waals surface area (Å²) >= 11 is 0. The summed E-state index contributed by atoms with van der Waals surface area (Å²) in [5.74, 6) is 2.40. The molecule has 168 valence electrons. The van der Waals surface area contributed by atoms with E-state index in [9.17, 15) is 0 Å². The van der Waals surface area contributed by atoms with Crippen molar-refractivity contribution in [3.63, 3.8) is 0 Å². The Hall–Kier alpha value is -3.17. The van der Waals surface area contributed by atoms with E-state index in [2.05, 4.69) is 75.6 Å². The van der Waals surface area contributed by atoms with Gasteiger partial charge in [0.15, 0.2) is 17.3 Å². The number of likely N-dealkylation sites (N-methyl/N-ethyl adjacent to an activating group) is 1. The molecule has 0 radical (unpaired) electrons. The second kappa shape index (κ2) is 8.76. The van der Waals surface area contributed by atoms with Gasteiger partial charge in [-0.2, -0.15) is 0 Å². The molecule has 0 amide bonds. The minimum absolute atomic E-state index is 0.0103. The van der Waals surface area contributed by atoms with Gasteiger partial charge in [0.1, 0.15) is 0 Å². The summed E-state index contributed by atoms with van der Waals surface area (Å²) in [5, 5.41) is 12.9. The molecule has 0 bridgehead atoms. The summed E-state index contributed by atoms with van der Waals surface area (Å²) < 4.78 is 12.9. The summed E-state index contributed by atoms with van der Waals surface area (Å²) in [6.07, 6.45) is 0. The Bertz CT molecular complexity index is 1060. The van der Waals surface area contributed by atoms with Crippen molar-refractivity contribution in [3.8, 4) is 11.5 Å². The van der Waals surface area contributed by atoms with Crippen molar-refractivity contribution >= 4 is 5.69 Å². The minimum Gasteiger partial charge on any atom is -0.454 e. The molecule has 0 aliphatic carbocycles. The monoisotopic (exact) mass is 435 g/mol. The van der Waals surface area contributed by atoms with Crippen LogP contribution in [0, 0.1) is 0 Å². The number of hydrogen-bond donors (Lipinski definition) is 0. The van der Waals surface area contributed by atoms with Gasteiger partial charge in [0, 0.05) is 46.0 Å². The molecule has 3 heterocycles. The standard InChI is InChI=1S/C23H29N7O2/c1-27(2)19-7-5-18(6-8-19)22(29-12-10-28(3)11-13-29)23-24-25-26-30(23)15-17-4-9-20-21(14-17)32-16-31-20/h4-9,14,22H,10-13,15-16H2,1-3H3/t22-/m0/s1. The topological polar surface area (TPSA) is 71.8 Å². The number of anilines is 1. The molecule has 0 saturated carbocycles. The first-order chi connectivity index (χ1) is 15.6. The van der Waals surface area contributed by atoms with Crippen molar-refractivity contribution in [2.75, 3.05) is 59.0 Å². The SMILES string of the molecule is CN1CCN([C@@H](c2ccc(N(C)C)cc2)c2nnnn2Cc2ccc3c(c2)OCO3)CC1. The van der Waals surface area contributed by atoms with Gasteiger partial charge in [0.05, 0.1) is 12.6 Å². The van der Waals surface area contributed by atoms with Crippen LogP contribution in [0.2, 0.25) is 0 Å². The molecule has 9 heteroatoms. The van der Waals surface area contributed by atoms with Crippen LogP contribution in [-0.4, -0.2) is 84.1 Å². The second-order valence-electron chi connectivity index (χ2n) is 8.61. The zero-order valence-electron chi connectivity index (χ0n) is 18.8. The largest absolute Gasteiger partial charge is 0.454 e.